The molecule has 0 aliphatic carbocycles. The van der Waals surface area contributed by atoms with Gasteiger partial charge in [0.15, 0.2) is 0 Å². The molecule has 17 heavy (non-hydrogen) atoms. The van der Waals surface area contributed by atoms with Gasteiger partial charge in [-0.3, -0.25) is 0 Å². The van der Waals surface area contributed by atoms with Gasteiger partial charge in [0.1, 0.15) is 17.2 Å². The van der Waals surface area contributed by atoms with Crippen LogP contribution in [0.25, 0.3) is 0 Å². The van der Waals surface area contributed by atoms with Gasteiger partial charge in [-0.25, -0.2) is 8.78 Å². The topological polar surface area (TPSA) is 20.2 Å². The summed E-state index contributed by atoms with van der Waals surface area (Å²) in [6.07, 6.45) is 0. The van der Waals surface area contributed by atoms with Gasteiger partial charge >= 0.3 is 0 Å². The van der Waals surface area contributed by atoms with Gasteiger partial charge in [0.05, 0.1) is 5.88 Å². The van der Waals surface area contributed by atoms with E-state index in [2.05, 4.69) is 19.6 Å². The summed E-state index contributed by atoms with van der Waals surface area (Å²) < 4.78 is 26.5. The van der Waals surface area contributed by atoms with Crippen LogP contribution < -0.4 is 0 Å². The largest absolute Gasteiger partial charge is 0.384 e. The first-order chi connectivity index (χ1) is 7.68. The molecule has 1 atom stereocenters. The fraction of sp³-hybridized carbons (Fsp3) is 0.500. The first-order valence-electron chi connectivity index (χ1n) is 5.42. The number of hydrogen-bond acceptors (Lipinski definition) is 1. The second-order valence-corrected chi connectivity index (χ2v) is 11.3. The van der Waals surface area contributed by atoms with E-state index in [0.717, 1.165) is 12.1 Å². The van der Waals surface area contributed by atoms with Crippen LogP contribution in [0.4, 0.5) is 8.78 Å². The average Bonchev–Trinajstić information content (AvgIpc) is 2.14. The number of rotatable bonds is 4. The Kier molecular flexibility index (Phi) is 4.33. The van der Waals surface area contributed by atoms with Crippen LogP contribution in [-0.2, 0) is 5.60 Å². The van der Waals surface area contributed by atoms with E-state index < -0.39 is 25.3 Å². The van der Waals surface area contributed by atoms with Crippen LogP contribution in [0.1, 0.15) is 5.56 Å². The molecule has 0 aliphatic rings. The molecule has 0 aromatic heterocycles. The molecule has 1 rings (SSSR count). The Morgan fingerprint density at radius 1 is 1.29 bits per heavy atom. The molecule has 1 aromatic carbocycles. The lowest BCUT2D eigenvalue weighted by Gasteiger charge is -2.32. The number of benzene rings is 1. The van der Waals surface area contributed by atoms with Gasteiger partial charge in [-0.1, -0.05) is 25.7 Å². The van der Waals surface area contributed by atoms with Gasteiger partial charge in [-0.05, 0) is 12.1 Å². The molecule has 0 aliphatic heterocycles. The van der Waals surface area contributed by atoms with Gasteiger partial charge in [0.2, 0.25) is 0 Å². The average molecular weight is 279 g/mol. The molecule has 1 aromatic rings. The number of alkyl halides is 1. The second kappa shape index (κ2) is 5.04. The predicted octanol–water partition coefficient (Wildman–Crippen LogP) is 3.73. The molecule has 1 N–H and O–H groups in total. The Morgan fingerprint density at radius 3 is 2.29 bits per heavy atom. The molecule has 1 unspecified atom stereocenters. The zero-order valence-corrected chi connectivity index (χ0v) is 12.0. The number of aliphatic hydroxyl groups is 1. The normalized spacial score (nSPS) is 15.7. The molecule has 0 amide bonds. The maximum Gasteiger partial charge on any atom is 0.132 e. The lowest BCUT2D eigenvalue weighted by molar-refractivity contribution is 0.0766. The van der Waals surface area contributed by atoms with E-state index >= 15 is 0 Å². The zero-order chi connectivity index (χ0) is 13.3. The molecule has 0 spiro atoms. The van der Waals surface area contributed by atoms with E-state index in [0.29, 0.717) is 6.04 Å². The van der Waals surface area contributed by atoms with Gasteiger partial charge in [0.25, 0.3) is 0 Å². The van der Waals surface area contributed by atoms with E-state index in [1.54, 1.807) is 0 Å². The summed E-state index contributed by atoms with van der Waals surface area (Å²) in [5.74, 6) is -1.50. The molecule has 5 heteroatoms. The summed E-state index contributed by atoms with van der Waals surface area (Å²) in [7, 11) is -1.63. The maximum absolute atomic E-state index is 13.7. The van der Waals surface area contributed by atoms with Crippen molar-refractivity contribution in [2.75, 3.05) is 5.88 Å². The lowest BCUT2D eigenvalue weighted by atomic mass is 9.97. The molecule has 0 saturated carbocycles. The Hall–Kier alpha value is -0.453. The summed E-state index contributed by atoms with van der Waals surface area (Å²) in [6.45, 7) is 6.18. The summed E-state index contributed by atoms with van der Waals surface area (Å²) in [5, 5.41) is 10.4. The van der Waals surface area contributed by atoms with Crippen molar-refractivity contribution in [1.29, 1.82) is 0 Å². The first-order valence-corrected chi connectivity index (χ1v) is 9.66. The van der Waals surface area contributed by atoms with Crippen molar-refractivity contribution in [3.05, 3.63) is 35.4 Å². The fourth-order valence-electron chi connectivity index (χ4n) is 1.96. The molecule has 0 fully saturated rings. The SMILES string of the molecule is C[Si](C)(C)CC(O)(CCl)c1ccc(F)cc1F. The highest BCUT2D eigenvalue weighted by atomic mass is 35.5. The minimum Gasteiger partial charge on any atom is -0.384 e. The van der Waals surface area contributed by atoms with Gasteiger partial charge in [0, 0.05) is 19.7 Å². The highest BCUT2D eigenvalue weighted by molar-refractivity contribution is 6.76. The third-order valence-corrected chi connectivity index (χ3v) is 4.56. The van der Waals surface area contributed by atoms with E-state index in [9.17, 15) is 13.9 Å². The maximum atomic E-state index is 13.7. The summed E-state index contributed by atoms with van der Waals surface area (Å²) >= 11 is 5.77. The Morgan fingerprint density at radius 2 is 1.88 bits per heavy atom. The summed E-state index contributed by atoms with van der Waals surface area (Å²) in [5.41, 5.74) is -1.33. The minimum atomic E-state index is -1.63. The third-order valence-electron chi connectivity index (χ3n) is 2.48. The molecular formula is C12H17ClF2OSi. The highest BCUT2D eigenvalue weighted by Crippen LogP contribution is 2.34. The molecule has 0 heterocycles. The Balaban J connectivity index is 3.16. The highest BCUT2D eigenvalue weighted by Gasteiger charge is 2.36. The van der Waals surface area contributed by atoms with Crippen LogP contribution in [-0.4, -0.2) is 19.1 Å². The quantitative estimate of drug-likeness (QED) is 0.657. The summed E-state index contributed by atoms with van der Waals surface area (Å²) in [6, 6.07) is 3.62. The van der Waals surface area contributed by atoms with Crippen molar-refractivity contribution >= 4 is 19.7 Å². The zero-order valence-electron chi connectivity index (χ0n) is 10.2. The molecule has 0 saturated heterocycles. The van der Waals surface area contributed by atoms with E-state index in [1.165, 1.54) is 6.07 Å². The van der Waals surface area contributed by atoms with E-state index in [4.69, 9.17) is 11.6 Å². The van der Waals surface area contributed by atoms with Crippen LogP contribution in [0.2, 0.25) is 25.7 Å². The van der Waals surface area contributed by atoms with Gasteiger partial charge in [-0.2, -0.15) is 0 Å². The molecule has 0 bridgehead atoms. The van der Waals surface area contributed by atoms with Gasteiger partial charge in [-0.15, -0.1) is 11.6 Å². The van der Waals surface area contributed by atoms with Crippen molar-refractivity contribution in [1.82, 2.24) is 0 Å². The second-order valence-electron chi connectivity index (χ2n) is 5.53. The lowest BCUT2D eigenvalue weighted by Crippen LogP contribution is -2.38. The Bertz CT molecular complexity index is 406. The smallest absolute Gasteiger partial charge is 0.132 e. The van der Waals surface area contributed by atoms with E-state index in [1.807, 2.05) is 0 Å². The predicted molar refractivity (Wildman–Crippen MR) is 69.1 cm³/mol. The fourth-order valence-corrected chi connectivity index (χ4v) is 4.43. The van der Waals surface area contributed by atoms with Crippen molar-refractivity contribution < 1.29 is 13.9 Å². The first kappa shape index (κ1) is 14.6. The van der Waals surface area contributed by atoms with Crippen LogP contribution in [0, 0.1) is 11.6 Å². The van der Waals surface area contributed by atoms with Crippen molar-refractivity contribution in [3.63, 3.8) is 0 Å². The van der Waals surface area contributed by atoms with E-state index in [-0.39, 0.29) is 11.4 Å². The Labute approximate surface area is 106 Å². The van der Waals surface area contributed by atoms with Crippen LogP contribution in [0.3, 0.4) is 0 Å². The van der Waals surface area contributed by atoms with Crippen molar-refractivity contribution in [2.24, 2.45) is 0 Å². The van der Waals surface area contributed by atoms with Crippen molar-refractivity contribution in [3.8, 4) is 0 Å². The van der Waals surface area contributed by atoms with Crippen LogP contribution >= 0.6 is 11.6 Å². The molecular weight excluding hydrogens is 262 g/mol. The number of halogens is 3. The minimum absolute atomic E-state index is 0.0799. The van der Waals surface area contributed by atoms with Gasteiger partial charge < -0.3 is 5.11 Å². The van der Waals surface area contributed by atoms with Crippen molar-refractivity contribution in [2.45, 2.75) is 31.3 Å². The van der Waals surface area contributed by atoms with Crippen LogP contribution in [0.5, 0.6) is 0 Å². The third kappa shape index (κ3) is 3.76. The molecule has 96 valence electrons. The molecule has 0 radical (unpaired) electrons. The van der Waals surface area contributed by atoms with Crippen LogP contribution in [0.15, 0.2) is 18.2 Å². The molecule has 1 nitrogen and oxygen atoms in total. The monoisotopic (exact) mass is 278 g/mol. The summed E-state index contributed by atoms with van der Waals surface area (Å²) in [4.78, 5) is 0. The standard InChI is InChI=1S/C12H17ClF2OSi/c1-17(2,3)8-12(16,7-13)10-5-4-9(14)6-11(10)15/h4-6,16H,7-8H2,1-3H3. The number of hydrogen-bond donors (Lipinski definition) is 1.